The van der Waals surface area contributed by atoms with Crippen LogP contribution in [0.2, 0.25) is 5.02 Å². The standard InChI is InChI=1S/C31H28ClF2N3O.C2H6/c1-19-8-13-24(26(33)14-19)31(18-36)22(15-30(2,3)4)17-37(28(31)23-6-5-7-25(32)27(23)34)29(38)21-11-9-20(16-35)10-12-21;1-2/h5-14,22,28H,15,17H2,1-4H3;1-2H3/t22-,28-,31?;/m1./s1. The minimum absolute atomic E-state index is 0.0532. The second-order valence-electron chi connectivity index (χ2n) is 11.1. The zero-order valence-electron chi connectivity index (χ0n) is 23.7. The molecule has 208 valence electrons. The SMILES string of the molecule is CC.Cc1ccc(C2(C#N)[C@H](CC(C)(C)C)CN(C(=O)c3ccc(C#N)cc3)[C@@H]2c2cccc(Cl)c2F)c(F)c1. The molecule has 0 N–H and O–H groups in total. The Hall–Kier alpha value is -3.74. The lowest BCUT2D eigenvalue weighted by atomic mass is 9.63. The van der Waals surface area contributed by atoms with E-state index in [9.17, 15) is 10.1 Å². The van der Waals surface area contributed by atoms with Crippen LogP contribution in [0.5, 0.6) is 0 Å². The number of benzene rings is 3. The number of carbonyl (C=O) groups excluding carboxylic acids is 1. The van der Waals surface area contributed by atoms with E-state index in [1.807, 2.05) is 40.7 Å². The lowest BCUT2D eigenvalue weighted by molar-refractivity contribution is 0.0713. The van der Waals surface area contributed by atoms with Crippen LogP contribution in [0.25, 0.3) is 0 Å². The minimum atomic E-state index is -1.60. The van der Waals surface area contributed by atoms with Crippen molar-refractivity contribution in [3.63, 3.8) is 0 Å². The van der Waals surface area contributed by atoms with Crippen molar-refractivity contribution in [1.82, 2.24) is 4.90 Å². The molecular formula is C33H34ClF2N3O. The average Bonchev–Trinajstić information content (AvgIpc) is 3.23. The van der Waals surface area contributed by atoms with Crippen LogP contribution in [0.4, 0.5) is 8.78 Å². The summed E-state index contributed by atoms with van der Waals surface area (Å²) in [5.74, 6) is -2.29. The number of likely N-dealkylation sites (tertiary alicyclic amines) is 1. The lowest BCUT2D eigenvalue weighted by Crippen LogP contribution is -2.41. The monoisotopic (exact) mass is 561 g/mol. The predicted molar refractivity (Wildman–Crippen MR) is 154 cm³/mol. The highest BCUT2D eigenvalue weighted by Crippen LogP contribution is 2.56. The molecule has 1 aliphatic rings. The Labute approximate surface area is 240 Å². The molecule has 0 bridgehead atoms. The van der Waals surface area contributed by atoms with Gasteiger partial charge in [0.2, 0.25) is 0 Å². The Morgan fingerprint density at radius 3 is 2.27 bits per heavy atom. The summed E-state index contributed by atoms with van der Waals surface area (Å²) in [6.07, 6.45) is 0.476. The van der Waals surface area contributed by atoms with Crippen LogP contribution in [0.1, 0.15) is 79.7 Å². The summed E-state index contributed by atoms with van der Waals surface area (Å²) < 4.78 is 31.4. The maximum atomic E-state index is 15.7. The molecule has 7 heteroatoms. The molecule has 0 radical (unpaired) electrons. The highest BCUT2D eigenvalue weighted by atomic mass is 35.5. The van der Waals surface area contributed by atoms with Crippen LogP contribution < -0.4 is 0 Å². The Balaban J connectivity index is 0.00000216. The van der Waals surface area contributed by atoms with Gasteiger partial charge in [-0.2, -0.15) is 10.5 Å². The summed E-state index contributed by atoms with van der Waals surface area (Å²) in [4.78, 5) is 15.5. The predicted octanol–water partition coefficient (Wildman–Crippen LogP) is 8.54. The number of halogens is 3. The van der Waals surface area contributed by atoms with Crippen LogP contribution in [0, 0.1) is 52.6 Å². The molecule has 1 amide bonds. The fourth-order valence-electron chi connectivity index (χ4n) is 5.65. The largest absolute Gasteiger partial charge is 0.329 e. The van der Waals surface area contributed by atoms with E-state index in [4.69, 9.17) is 16.9 Å². The summed E-state index contributed by atoms with van der Waals surface area (Å²) in [7, 11) is 0. The van der Waals surface area contributed by atoms with Crippen molar-refractivity contribution in [3.05, 3.63) is 105 Å². The van der Waals surface area contributed by atoms with Gasteiger partial charge in [0.05, 0.1) is 28.8 Å². The Kier molecular flexibility index (Phi) is 9.39. The van der Waals surface area contributed by atoms with E-state index in [2.05, 4.69) is 6.07 Å². The van der Waals surface area contributed by atoms with E-state index in [0.717, 1.165) is 0 Å². The van der Waals surface area contributed by atoms with Gasteiger partial charge in [0.1, 0.15) is 17.0 Å². The van der Waals surface area contributed by atoms with Crippen molar-refractivity contribution in [2.24, 2.45) is 11.3 Å². The van der Waals surface area contributed by atoms with Gasteiger partial charge in [0.15, 0.2) is 0 Å². The van der Waals surface area contributed by atoms with Crippen molar-refractivity contribution >= 4 is 17.5 Å². The first-order chi connectivity index (χ1) is 18.9. The van der Waals surface area contributed by atoms with Gasteiger partial charge in [-0.05, 0) is 60.7 Å². The first-order valence-corrected chi connectivity index (χ1v) is 13.7. The maximum Gasteiger partial charge on any atom is 0.254 e. The van der Waals surface area contributed by atoms with Crippen LogP contribution in [0.15, 0.2) is 60.7 Å². The molecule has 40 heavy (non-hydrogen) atoms. The maximum absolute atomic E-state index is 15.7. The van der Waals surface area contributed by atoms with Crippen LogP contribution in [0.3, 0.4) is 0 Å². The highest BCUT2D eigenvalue weighted by molar-refractivity contribution is 6.30. The van der Waals surface area contributed by atoms with Crippen molar-refractivity contribution in [2.75, 3.05) is 6.54 Å². The molecule has 1 aliphatic heterocycles. The van der Waals surface area contributed by atoms with E-state index >= 15 is 8.78 Å². The second kappa shape index (κ2) is 12.2. The summed E-state index contributed by atoms with van der Waals surface area (Å²) in [6, 6.07) is 18.5. The summed E-state index contributed by atoms with van der Waals surface area (Å²) in [6.45, 7) is 11.9. The van der Waals surface area contributed by atoms with Gasteiger partial charge in [0.25, 0.3) is 5.91 Å². The van der Waals surface area contributed by atoms with Gasteiger partial charge in [-0.3, -0.25) is 4.79 Å². The molecule has 0 saturated carbocycles. The molecular weight excluding hydrogens is 528 g/mol. The number of nitriles is 2. The highest BCUT2D eigenvalue weighted by Gasteiger charge is 2.60. The van der Waals surface area contributed by atoms with E-state index in [1.165, 1.54) is 47.4 Å². The molecule has 3 aromatic rings. The van der Waals surface area contributed by atoms with Gasteiger partial charge in [-0.1, -0.05) is 70.5 Å². The van der Waals surface area contributed by atoms with Gasteiger partial charge in [-0.25, -0.2) is 8.78 Å². The number of rotatable bonds is 4. The summed E-state index contributed by atoms with van der Waals surface area (Å²) in [5, 5.41) is 19.9. The third-order valence-corrected chi connectivity index (χ3v) is 7.51. The van der Waals surface area contributed by atoms with Crippen molar-refractivity contribution in [3.8, 4) is 12.1 Å². The Morgan fingerprint density at radius 1 is 1.07 bits per heavy atom. The number of aryl methyl sites for hydroxylation is 1. The molecule has 1 saturated heterocycles. The molecule has 1 unspecified atom stereocenters. The number of hydrogen-bond acceptors (Lipinski definition) is 3. The third-order valence-electron chi connectivity index (χ3n) is 7.22. The summed E-state index contributed by atoms with van der Waals surface area (Å²) in [5.41, 5.74) is -0.349. The average molecular weight is 562 g/mol. The van der Waals surface area contributed by atoms with Gasteiger partial charge in [0, 0.05) is 29.2 Å². The van der Waals surface area contributed by atoms with Crippen molar-refractivity contribution in [2.45, 2.75) is 59.4 Å². The molecule has 3 atom stereocenters. The number of hydrogen-bond donors (Lipinski definition) is 0. The minimum Gasteiger partial charge on any atom is -0.329 e. The van der Waals surface area contributed by atoms with Gasteiger partial charge < -0.3 is 4.90 Å². The second-order valence-corrected chi connectivity index (χ2v) is 11.5. The molecule has 4 rings (SSSR count). The number of nitrogens with zero attached hydrogens (tertiary/aromatic N) is 3. The van der Waals surface area contributed by atoms with Gasteiger partial charge in [-0.15, -0.1) is 0 Å². The fraction of sp³-hybridized carbons (Fsp3) is 0.364. The van der Waals surface area contributed by atoms with Gasteiger partial charge >= 0.3 is 0 Å². The fourth-order valence-corrected chi connectivity index (χ4v) is 5.84. The first-order valence-electron chi connectivity index (χ1n) is 13.4. The zero-order chi connectivity index (χ0) is 29.8. The molecule has 4 nitrogen and oxygen atoms in total. The molecule has 0 aromatic heterocycles. The van der Waals surface area contributed by atoms with Crippen molar-refractivity contribution < 1.29 is 13.6 Å². The van der Waals surface area contributed by atoms with E-state index in [-0.39, 0.29) is 33.7 Å². The zero-order valence-corrected chi connectivity index (χ0v) is 24.5. The molecule has 1 fully saturated rings. The lowest BCUT2D eigenvalue weighted by Gasteiger charge is -2.38. The van der Waals surface area contributed by atoms with Crippen LogP contribution >= 0.6 is 11.6 Å². The van der Waals surface area contributed by atoms with E-state index in [0.29, 0.717) is 17.5 Å². The normalized spacial score (nSPS) is 20.2. The first kappa shape index (κ1) is 30.8. The molecule has 0 aliphatic carbocycles. The topological polar surface area (TPSA) is 67.9 Å². The van der Waals surface area contributed by atoms with E-state index < -0.39 is 34.9 Å². The molecule has 1 heterocycles. The molecule has 3 aromatic carbocycles. The summed E-state index contributed by atoms with van der Waals surface area (Å²) >= 11 is 6.18. The Bertz CT molecular complexity index is 1470. The number of carbonyl (C=O) groups is 1. The Morgan fingerprint density at radius 2 is 1.73 bits per heavy atom. The van der Waals surface area contributed by atoms with E-state index in [1.54, 1.807) is 25.1 Å². The number of amides is 1. The molecule has 0 spiro atoms. The van der Waals surface area contributed by atoms with Crippen LogP contribution in [-0.4, -0.2) is 17.4 Å². The third kappa shape index (κ3) is 5.74. The van der Waals surface area contributed by atoms with Crippen molar-refractivity contribution in [1.29, 1.82) is 10.5 Å². The van der Waals surface area contributed by atoms with Crippen LogP contribution in [-0.2, 0) is 5.41 Å². The quantitative estimate of drug-likeness (QED) is 0.320. The smallest absolute Gasteiger partial charge is 0.254 e.